The van der Waals surface area contributed by atoms with Crippen LogP contribution >= 0.6 is 0 Å². The molecule has 1 rings (SSSR count). The molecular weight excluding hydrogens is 202 g/mol. The fraction of sp³-hybridized carbons (Fsp3) is 0.462. The minimum absolute atomic E-state index is 0.0794. The summed E-state index contributed by atoms with van der Waals surface area (Å²) in [7, 11) is 1.56. The third-order valence-corrected chi connectivity index (χ3v) is 1.89. The van der Waals surface area contributed by atoms with E-state index in [-0.39, 0.29) is 5.91 Å². The summed E-state index contributed by atoms with van der Waals surface area (Å²) in [5.74, 6) is 0.533. The quantitative estimate of drug-likeness (QED) is 0.852. The topological polar surface area (TPSA) is 38.3 Å². The van der Waals surface area contributed by atoms with Gasteiger partial charge in [0.15, 0.2) is 0 Å². The second kappa shape index (κ2) is 8.77. The molecule has 1 N–H and O–H groups in total. The Balaban J connectivity index is 0.00000106. The smallest absolute Gasteiger partial charge is 0.255 e. The Morgan fingerprint density at radius 3 is 2.50 bits per heavy atom. The number of nitrogens with one attached hydrogen (secondary N) is 1. The average molecular weight is 223 g/mol. The van der Waals surface area contributed by atoms with Crippen molar-refractivity contribution in [2.24, 2.45) is 0 Å². The molecule has 1 amide bonds. The molecule has 0 aromatic heterocycles. The first-order valence-corrected chi connectivity index (χ1v) is 5.70. The van der Waals surface area contributed by atoms with Crippen LogP contribution in [0.1, 0.15) is 37.6 Å². The molecule has 0 fully saturated rings. The highest BCUT2D eigenvalue weighted by molar-refractivity contribution is 5.96. The van der Waals surface area contributed by atoms with Gasteiger partial charge in [0.05, 0.1) is 12.7 Å². The van der Waals surface area contributed by atoms with Crippen LogP contribution in [0.3, 0.4) is 0 Å². The number of methoxy groups -OCH3 is 1. The molecule has 0 saturated heterocycles. The molecule has 0 bridgehead atoms. The lowest BCUT2D eigenvalue weighted by atomic mass is 10.2. The third kappa shape index (κ3) is 4.34. The van der Waals surface area contributed by atoms with Gasteiger partial charge in [0, 0.05) is 6.54 Å². The Hall–Kier alpha value is -1.51. The van der Waals surface area contributed by atoms with Crippen LogP contribution in [0.4, 0.5) is 0 Å². The van der Waals surface area contributed by atoms with Crippen LogP contribution in [0.15, 0.2) is 24.3 Å². The summed E-state index contributed by atoms with van der Waals surface area (Å²) in [6, 6.07) is 7.20. The summed E-state index contributed by atoms with van der Waals surface area (Å²) < 4.78 is 5.09. The number of benzene rings is 1. The number of ether oxygens (including phenoxy) is 1. The molecular formula is C13H21NO2. The zero-order chi connectivity index (χ0) is 12.4. The highest BCUT2D eigenvalue weighted by atomic mass is 16.5. The minimum Gasteiger partial charge on any atom is -0.496 e. The molecule has 90 valence electrons. The van der Waals surface area contributed by atoms with Crippen LogP contribution in [0.5, 0.6) is 5.75 Å². The first kappa shape index (κ1) is 14.5. The van der Waals surface area contributed by atoms with Gasteiger partial charge in [0.1, 0.15) is 5.75 Å². The molecule has 0 radical (unpaired) electrons. The van der Waals surface area contributed by atoms with Crippen molar-refractivity contribution in [3.63, 3.8) is 0 Å². The van der Waals surface area contributed by atoms with E-state index in [9.17, 15) is 4.79 Å². The van der Waals surface area contributed by atoms with Crippen molar-refractivity contribution in [2.45, 2.75) is 27.2 Å². The number of amides is 1. The molecule has 3 nitrogen and oxygen atoms in total. The Morgan fingerprint density at radius 2 is 1.94 bits per heavy atom. The highest BCUT2D eigenvalue weighted by Gasteiger charge is 2.09. The van der Waals surface area contributed by atoms with E-state index < -0.39 is 0 Å². The van der Waals surface area contributed by atoms with Gasteiger partial charge in [-0.1, -0.05) is 32.9 Å². The first-order chi connectivity index (χ1) is 7.79. The summed E-state index contributed by atoms with van der Waals surface area (Å²) in [6.07, 6.45) is 0.931. The molecule has 1 aromatic carbocycles. The van der Waals surface area contributed by atoms with Gasteiger partial charge in [-0.2, -0.15) is 0 Å². The number of rotatable bonds is 4. The van der Waals surface area contributed by atoms with Gasteiger partial charge in [0.2, 0.25) is 0 Å². The van der Waals surface area contributed by atoms with Gasteiger partial charge in [-0.15, -0.1) is 0 Å². The van der Waals surface area contributed by atoms with Crippen molar-refractivity contribution in [3.8, 4) is 5.75 Å². The second-order valence-electron chi connectivity index (χ2n) is 2.96. The van der Waals surface area contributed by atoms with E-state index in [0.29, 0.717) is 17.9 Å². The van der Waals surface area contributed by atoms with Crippen molar-refractivity contribution in [1.82, 2.24) is 5.32 Å². The van der Waals surface area contributed by atoms with Crippen molar-refractivity contribution >= 4 is 5.91 Å². The molecule has 3 heteroatoms. The molecule has 0 aliphatic rings. The molecule has 0 atom stereocenters. The third-order valence-electron chi connectivity index (χ3n) is 1.89. The maximum atomic E-state index is 11.6. The summed E-state index contributed by atoms with van der Waals surface area (Å²) in [5, 5.41) is 2.80. The van der Waals surface area contributed by atoms with Crippen LogP contribution in [0, 0.1) is 0 Å². The lowest BCUT2D eigenvalue weighted by molar-refractivity contribution is 0.0950. The summed E-state index contributed by atoms with van der Waals surface area (Å²) in [4.78, 5) is 11.6. The maximum Gasteiger partial charge on any atom is 0.255 e. The number of carbonyl (C=O) groups is 1. The van der Waals surface area contributed by atoms with Gasteiger partial charge >= 0.3 is 0 Å². The zero-order valence-corrected chi connectivity index (χ0v) is 10.5. The van der Waals surface area contributed by atoms with Crippen LogP contribution in [0.2, 0.25) is 0 Å². The minimum atomic E-state index is -0.0794. The lowest BCUT2D eigenvalue weighted by Crippen LogP contribution is -2.24. The predicted molar refractivity (Wildman–Crippen MR) is 67.0 cm³/mol. The SMILES string of the molecule is CC.CCCNC(=O)c1ccccc1OC. The Labute approximate surface area is 97.8 Å². The first-order valence-electron chi connectivity index (χ1n) is 5.70. The van der Waals surface area contributed by atoms with Crippen LogP contribution in [-0.2, 0) is 0 Å². The molecule has 0 unspecified atom stereocenters. The van der Waals surface area contributed by atoms with Gasteiger partial charge < -0.3 is 10.1 Å². The number of carbonyl (C=O) groups excluding carboxylic acids is 1. The van der Waals surface area contributed by atoms with Crippen molar-refractivity contribution < 1.29 is 9.53 Å². The zero-order valence-electron chi connectivity index (χ0n) is 10.5. The van der Waals surface area contributed by atoms with Crippen LogP contribution in [0.25, 0.3) is 0 Å². The molecule has 0 aliphatic heterocycles. The van der Waals surface area contributed by atoms with Gasteiger partial charge in [-0.05, 0) is 18.6 Å². The molecule has 0 spiro atoms. The highest BCUT2D eigenvalue weighted by Crippen LogP contribution is 2.16. The lowest BCUT2D eigenvalue weighted by Gasteiger charge is -2.07. The number of hydrogen-bond donors (Lipinski definition) is 1. The maximum absolute atomic E-state index is 11.6. The fourth-order valence-corrected chi connectivity index (χ4v) is 1.17. The standard InChI is InChI=1S/C11H15NO2.C2H6/c1-3-8-12-11(13)9-6-4-5-7-10(9)14-2;1-2/h4-7H,3,8H2,1-2H3,(H,12,13);1-2H3. The monoisotopic (exact) mass is 223 g/mol. The van der Waals surface area contributed by atoms with Crippen molar-refractivity contribution in [1.29, 1.82) is 0 Å². The Morgan fingerprint density at radius 1 is 1.31 bits per heavy atom. The van der Waals surface area contributed by atoms with E-state index >= 15 is 0 Å². The van der Waals surface area contributed by atoms with E-state index in [1.54, 1.807) is 19.2 Å². The molecule has 0 heterocycles. The summed E-state index contributed by atoms with van der Waals surface area (Å²) >= 11 is 0. The molecule has 1 aromatic rings. The largest absolute Gasteiger partial charge is 0.496 e. The van der Waals surface area contributed by atoms with Crippen molar-refractivity contribution in [2.75, 3.05) is 13.7 Å². The van der Waals surface area contributed by atoms with Gasteiger partial charge in [-0.25, -0.2) is 0 Å². The fourth-order valence-electron chi connectivity index (χ4n) is 1.17. The molecule has 0 aliphatic carbocycles. The Bertz CT molecular complexity index is 311. The van der Waals surface area contributed by atoms with E-state index in [0.717, 1.165) is 6.42 Å². The summed E-state index contributed by atoms with van der Waals surface area (Å²) in [6.45, 7) is 6.71. The number of para-hydroxylation sites is 1. The van der Waals surface area contributed by atoms with Crippen molar-refractivity contribution in [3.05, 3.63) is 29.8 Å². The normalized spacial score (nSPS) is 8.75. The van der Waals surface area contributed by atoms with Crippen LogP contribution in [-0.4, -0.2) is 19.6 Å². The van der Waals surface area contributed by atoms with E-state index in [2.05, 4.69) is 5.32 Å². The van der Waals surface area contributed by atoms with E-state index in [4.69, 9.17) is 4.74 Å². The van der Waals surface area contributed by atoms with Gasteiger partial charge in [-0.3, -0.25) is 4.79 Å². The molecule has 0 saturated carbocycles. The van der Waals surface area contributed by atoms with E-state index in [1.165, 1.54) is 0 Å². The van der Waals surface area contributed by atoms with Gasteiger partial charge in [0.25, 0.3) is 5.91 Å². The Kier molecular flexibility index (Phi) is 7.94. The predicted octanol–water partition coefficient (Wildman–Crippen LogP) is 2.86. The van der Waals surface area contributed by atoms with Crippen LogP contribution < -0.4 is 10.1 Å². The second-order valence-corrected chi connectivity index (χ2v) is 2.96. The average Bonchev–Trinajstić information content (AvgIpc) is 2.38. The number of hydrogen-bond acceptors (Lipinski definition) is 2. The molecule has 16 heavy (non-hydrogen) atoms. The van der Waals surface area contributed by atoms with E-state index in [1.807, 2.05) is 32.9 Å². The summed E-state index contributed by atoms with van der Waals surface area (Å²) in [5.41, 5.74) is 0.587.